The molecule has 0 aromatic heterocycles. The number of oxime groups is 1. The number of nitrogens with two attached hydrogens (primary N) is 1. The predicted octanol–water partition coefficient (Wildman–Crippen LogP) is 2.04. The van der Waals surface area contributed by atoms with Crippen molar-refractivity contribution in [1.82, 2.24) is 4.90 Å². The van der Waals surface area contributed by atoms with Crippen molar-refractivity contribution < 1.29 is 10.0 Å². The van der Waals surface area contributed by atoms with Gasteiger partial charge in [0.2, 0.25) is 5.91 Å². The van der Waals surface area contributed by atoms with Gasteiger partial charge in [0.25, 0.3) is 0 Å². The second-order valence-corrected chi connectivity index (χ2v) is 6.31. The van der Waals surface area contributed by atoms with Gasteiger partial charge in [0.05, 0.1) is 0 Å². The van der Waals surface area contributed by atoms with Crippen LogP contribution in [-0.4, -0.2) is 34.9 Å². The normalized spacial score (nSPS) is 12.9. The highest BCUT2D eigenvalue weighted by Crippen LogP contribution is 2.20. The molecule has 0 saturated heterocycles. The zero-order valence-electron chi connectivity index (χ0n) is 12.2. The highest BCUT2D eigenvalue weighted by atomic mass is 16.4. The second kappa shape index (κ2) is 7.24. The molecule has 0 unspecified atom stereocenters. The van der Waals surface area contributed by atoms with E-state index in [1.807, 2.05) is 20.8 Å². The molecular weight excluding hydrogens is 230 g/mol. The molecule has 0 spiro atoms. The first kappa shape index (κ1) is 16.7. The maximum Gasteiger partial charge on any atom is 0.223 e. The summed E-state index contributed by atoms with van der Waals surface area (Å²) in [6, 6.07) is 0. The molecule has 0 saturated carbocycles. The number of amidine groups is 1. The summed E-state index contributed by atoms with van der Waals surface area (Å²) in [6.45, 7) is 11.5. The number of carbonyl (C=O) groups is 1. The Labute approximate surface area is 110 Å². The number of amides is 1. The largest absolute Gasteiger partial charge is 0.409 e. The van der Waals surface area contributed by atoms with Crippen LogP contribution in [0.5, 0.6) is 0 Å². The van der Waals surface area contributed by atoms with Gasteiger partial charge in [0.1, 0.15) is 5.84 Å². The molecule has 5 nitrogen and oxygen atoms in total. The van der Waals surface area contributed by atoms with Crippen LogP contribution in [-0.2, 0) is 4.79 Å². The highest BCUT2D eigenvalue weighted by Gasteiger charge is 2.21. The van der Waals surface area contributed by atoms with E-state index < -0.39 is 0 Å². The summed E-state index contributed by atoms with van der Waals surface area (Å²) in [5.41, 5.74) is 5.42. The van der Waals surface area contributed by atoms with Crippen LogP contribution in [0.1, 0.15) is 47.5 Å². The van der Waals surface area contributed by atoms with Gasteiger partial charge < -0.3 is 15.8 Å². The monoisotopic (exact) mass is 257 g/mol. The predicted molar refractivity (Wildman–Crippen MR) is 73.5 cm³/mol. The third-order valence-electron chi connectivity index (χ3n) is 2.39. The Balaban J connectivity index is 4.52. The molecule has 18 heavy (non-hydrogen) atoms. The summed E-state index contributed by atoms with van der Waals surface area (Å²) < 4.78 is 0. The zero-order chi connectivity index (χ0) is 14.3. The fourth-order valence-corrected chi connectivity index (χ4v) is 1.62. The third-order valence-corrected chi connectivity index (χ3v) is 2.39. The van der Waals surface area contributed by atoms with Crippen LogP contribution >= 0.6 is 0 Å². The average molecular weight is 257 g/mol. The fraction of sp³-hybridized carbons (Fsp3) is 0.846. The molecule has 0 aromatic rings. The molecule has 5 heteroatoms. The van der Waals surface area contributed by atoms with E-state index in [9.17, 15) is 4.79 Å². The maximum absolute atomic E-state index is 12.2. The lowest BCUT2D eigenvalue weighted by molar-refractivity contribution is -0.133. The average Bonchev–Trinajstić information content (AvgIpc) is 2.20. The summed E-state index contributed by atoms with van der Waals surface area (Å²) in [7, 11) is 0. The van der Waals surface area contributed by atoms with Crippen molar-refractivity contribution in [2.75, 3.05) is 13.1 Å². The number of nitrogens with zero attached hydrogens (tertiary/aromatic N) is 2. The van der Waals surface area contributed by atoms with Crippen molar-refractivity contribution in [3.63, 3.8) is 0 Å². The first-order valence-corrected chi connectivity index (χ1v) is 6.40. The molecule has 106 valence electrons. The van der Waals surface area contributed by atoms with Gasteiger partial charge in [0.15, 0.2) is 0 Å². The fourth-order valence-electron chi connectivity index (χ4n) is 1.62. The van der Waals surface area contributed by atoms with Crippen LogP contribution in [0.25, 0.3) is 0 Å². The van der Waals surface area contributed by atoms with Gasteiger partial charge >= 0.3 is 0 Å². The molecular formula is C13H27N3O2. The Morgan fingerprint density at radius 2 is 1.94 bits per heavy atom. The summed E-state index contributed by atoms with van der Waals surface area (Å²) in [5, 5.41) is 11.4. The lowest BCUT2D eigenvalue weighted by Crippen LogP contribution is -2.38. The van der Waals surface area contributed by atoms with Gasteiger partial charge in [-0.05, 0) is 11.3 Å². The van der Waals surface area contributed by atoms with Gasteiger partial charge in [-0.15, -0.1) is 0 Å². The summed E-state index contributed by atoms with van der Waals surface area (Å²) in [5.74, 6) is 0.690. The number of hydrogen-bond donors (Lipinski definition) is 2. The van der Waals surface area contributed by atoms with Crippen molar-refractivity contribution in [3.05, 3.63) is 0 Å². The van der Waals surface area contributed by atoms with Crippen molar-refractivity contribution in [2.24, 2.45) is 22.2 Å². The van der Waals surface area contributed by atoms with Crippen molar-refractivity contribution >= 4 is 11.7 Å². The molecule has 1 amide bonds. The van der Waals surface area contributed by atoms with E-state index in [0.29, 0.717) is 31.8 Å². The van der Waals surface area contributed by atoms with E-state index in [2.05, 4.69) is 19.0 Å². The van der Waals surface area contributed by atoms with Gasteiger partial charge in [0, 0.05) is 25.9 Å². The van der Waals surface area contributed by atoms with Crippen LogP contribution in [0, 0.1) is 11.3 Å². The Morgan fingerprint density at radius 1 is 1.39 bits per heavy atom. The summed E-state index contributed by atoms with van der Waals surface area (Å²) in [6.07, 6.45) is 0.912. The molecule has 0 fully saturated rings. The molecule has 0 aliphatic rings. The van der Waals surface area contributed by atoms with Gasteiger partial charge in [-0.1, -0.05) is 39.8 Å². The van der Waals surface area contributed by atoms with E-state index >= 15 is 0 Å². The number of hydrogen-bond acceptors (Lipinski definition) is 3. The minimum atomic E-state index is -0.0249. The molecule has 0 atom stereocenters. The molecule has 0 bridgehead atoms. The molecule has 0 aliphatic carbocycles. The Kier molecular flexibility index (Phi) is 6.73. The molecule has 0 heterocycles. The van der Waals surface area contributed by atoms with E-state index in [1.165, 1.54) is 0 Å². The van der Waals surface area contributed by atoms with E-state index in [0.717, 1.165) is 0 Å². The maximum atomic E-state index is 12.2. The SMILES string of the molecule is CC(C)CN(CCC(N)=NO)C(=O)CC(C)(C)C. The quantitative estimate of drug-likeness (QED) is 0.331. The number of carbonyl (C=O) groups excluding carboxylic acids is 1. The smallest absolute Gasteiger partial charge is 0.223 e. The molecule has 0 aliphatic heterocycles. The minimum absolute atomic E-state index is 0.0249. The van der Waals surface area contributed by atoms with E-state index in [-0.39, 0.29) is 17.2 Å². The van der Waals surface area contributed by atoms with Crippen LogP contribution < -0.4 is 5.73 Å². The summed E-state index contributed by atoms with van der Waals surface area (Å²) >= 11 is 0. The molecule has 0 rings (SSSR count). The summed E-state index contributed by atoms with van der Waals surface area (Å²) in [4.78, 5) is 14.0. The van der Waals surface area contributed by atoms with Crippen molar-refractivity contribution in [2.45, 2.75) is 47.5 Å². The van der Waals surface area contributed by atoms with E-state index in [4.69, 9.17) is 10.9 Å². The Hall–Kier alpha value is -1.26. The standard InChI is InChI=1S/C13H27N3O2/c1-10(2)9-16(7-6-11(14)15-18)12(17)8-13(3,4)5/h10,18H,6-9H2,1-5H3,(H2,14,15). The molecule has 0 aromatic carbocycles. The van der Waals surface area contributed by atoms with Gasteiger partial charge in [-0.25, -0.2) is 0 Å². The van der Waals surface area contributed by atoms with Crippen LogP contribution in [0.15, 0.2) is 5.16 Å². The number of rotatable bonds is 6. The second-order valence-electron chi connectivity index (χ2n) is 6.31. The van der Waals surface area contributed by atoms with Crippen LogP contribution in [0.4, 0.5) is 0 Å². The molecule has 0 radical (unpaired) electrons. The van der Waals surface area contributed by atoms with E-state index in [1.54, 1.807) is 4.90 Å². The van der Waals surface area contributed by atoms with Gasteiger partial charge in [-0.2, -0.15) is 0 Å². The minimum Gasteiger partial charge on any atom is -0.409 e. The highest BCUT2D eigenvalue weighted by molar-refractivity contribution is 5.81. The van der Waals surface area contributed by atoms with Crippen LogP contribution in [0.2, 0.25) is 0 Å². The van der Waals surface area contributed by atoms with Crippen molar-refractivity contribution in [3.8, 4) is 0 Å². The van der Waals surface area contributed by atoms with Crippen LogP contribution in [0.3, 0.4) is 0 Å². The Bertz CT molecular complexity index is 293. The van der Waals surface area contributed by atoms with Crippen molar-refractivity contribution in [1.29, 1.82) is 0 Å². The van der Waals surface area contributed by atoms with Gasteiger partial charge in [-0.3, -0.25) is 4.79 Å². The lowest BCUT2D eigenvalue weighted by atomic mass is 9.91. The first-order chi connectivity index (χ1) is 8.15. The zero-order valence-corrected chi connectivity index (χ0v) is 12.2. The lowest BCUT2D eigenvalue weighted by Gasteiger charge is -2.28. The topological polar surface area (TPSA) is 78.9 Å². The third kappa shape index (κ3) is 7.92. The first-order valence-electron chi connectivity index (χ1n) is 6.40. The Morgan fingerprint density at radius 3 is 2.33 bits per heavy atom. The molecule has 3 N–H and O–H groups in total.